The van der Waals surface area contributed by atoms with Gasteiger partial charge in [0.25, 0.3) is 5.56 Å². The van der Waals surface area contributed by atoms with Gasteiger partial charge < -0.3 is 19.5 Å². The molecular formula is C20H22N4O4S3. The number of fused-ring (bicyclic) bond motifs is 1. The molecule has 1 aliphatic heterocycles. The number of nitrogens with zero attached hydrogens (tertiary/aromatic N) is 3. The SMILES string of the molecule is CCOC(=O)N1CCN(C(=O)CSCc2nc3scc(-c4cccs4)c3c(=O)[nH]2)CC1. The van der Waals surface area contributed by atoms with Gasteiger partial charge >= 0.3 is 6.09 Å². The maximum absolute atomic E-state index is 12.6. The molecule has 0 bridgehead atoms. The maximum atomic E-state index is 12.6. The molecule has 2 amide bonds. The quantitative estimate of drug-likeness (QED) is 0.584. The summed E-state index contributed by atoms with van der Waals surface area (Å²) in [6.45, 7) is 4.07. The highest BCUT2D eigenvalue weighted by atomic mass is 32.2. The molecule has 1 N–H and O–H groups in total. The molecule has 11 heteroatoms. The second kappa shape index (κ2) is 9.84. The van der Waals surface area contributed by atoms with Crippen LogP contribution in [-0.2, 0) is 15.3 Å². The second-order valence-corrected chi connectivity index (χ2v) is 9.67. The molecule has 1 saturated heterocycles. The third-order valence-electron chi connectivity index (χ3n) is 4.90. The van der Waals surface area contributed by atoms with E-state index in [1.165, 1.54) is 23.1 Å². The first-order chi connectivity index (χ1) is 15.1. The van der Waals surface area contributed by atoms with Crippen LogP contribution in [0.2, 0.25) is 0 Å². The molecule has 0 unspecified atom stereocenters. The van der Waals surface area contributed by atoms with Gasteiger partial charge in [-0.2, -0.15) is 0 Å². The third kappa shape index (κ3) is 4.94. The van der Waals surface area contributed by atoms with Crippen molar-refractivity contribution in [2.75, 3.05) is 38.5 Å². The van der Waals surface area contributed by atoms with Gasteiger partial charge in [-0.25, -0.2) is 9.78 Å². The van der Waals surface area contributed by atoms with E-state index in [1.54, 1.807) is 28.1 Å². The van der Waals surface area contributed by atoms with E-state index in [9.17, 15) is 14.4 Å². The molecule has 0 aromatic carbocycles. The van der Waals surface area contributed by atoms with Crippen molar-refractivity contribution in [1.82, 2.24) is 19.8 Å². The number of rotatable bonds is 6. The zero-order valence-electron chi connectivity index (χ0n) is 17.0. The van der Waals surface area contributed by atoms with Gasteiger partial charge in [0.2, 0.25) is 5.91 Å². The summed E-state index contributed by atoms with van der Waals surface area (Å²) in [4.78, 5) is 49.5. The summed E-state index contributed by atoms with van der Waals surface area (Å²) >= 11 is 4.47. The van der Waals surface area contributed by atoms with Crippen LogP contribution < -0.4 is 5.56 Å². The van der Waals surface area contributed by atoms with E-state index >= 15 is 0 Å². The molecule has 164 valence electrons. The predicted octanol–water partition coefficient (Wildman–Crippen LogP) is 3.25. The highest BCUT2D eigenvalue weighted by molar-refractivity contribution is 7.99. The number of hydrogen-bond donors (Lipinski definition) is 1. The summed E-state index contributed by atoms with van der Waals surface area (Å²) in [6, 6.07) is 3.96. The fraction of sp³-hybridized carbons (Fsp3) is 0.400. The van der Waals surface area contributed by atoms with Crippen LogP contribution >= 0.6 is 34.4 Å². The predicted molar refractivity (Wildman–Crippen MR) is 125 cm³/mol. The van der Waals surface area contributed by atoms with Crippen molar-refractivity contribution < 1.29 is 14.3 Å². The Bertz CT molecular complexity index is 1120. The Morgan fingerprint density at radius 3 is 2.71 bits per heavy atom. The molecule has 8 nitrogen and oxygen atoms in total. The Hall–Kier alpha value is -2.37. The first-order valence-electron chi connectivity index (χ1n) is 9.88. The number of piperazine rings is 1. The van der Waals surface area contributed by atoms with E-state index in [0.29, 0.717) is 60.3 Å². The van der Waals surface area contributed by atoms with Crippen LogP contribution in [0.4, 0.5) is 4.79 Å². The third-order valence-corrected chi connectivity index (χ3v) is 7.61. The summed E-state index contributed by atoms with van der Waals surface area (Å²) in [5.74, 6) is 1.34. The number of carbonyl (C=O) groups is 2. The van der Waals surface area contributed by atoms with Crippen molar-refractivity contribution in [2.45, 2.75) is 12.7 Å². The molecule has 4 heterocycles. The highest BCUT2D eigenvalue weighted by Gasteiger charge is 2.24. The monoisotopic (exact) mass is 478 g/mol. The van der Waals surface area contributed by atoms with Crippen molar-refractivity contribution in [3.63, 3.8) is 0 Å². The minimum Gasteiger partial charge on any atom is -0.450 e. The van der Waals surface area contributed by atoms with E-state index < -0.39 is 0 Å². The number of aromatic nitrogens is 2. The lowest BCUT2D eigenvalue weighted by atomic mass is 10.2. The minimum atomic E-state index is -0.329. The number of amides is 2. The largest absolute Gasteiger partial charge is 0.450 e. The lowest BCUT2D eigenvalue weighted by molar-refractivity contribution is -0.129. The molecule has 3 aromatic rings. The second-order valence-electron chi connectivity index (χ2n) is 6.88. The van der Waals surface area contributed by atoms with E-state index in [0.717, 1.165) is 10.4 Å². The Labute approximate surface area is 191 Å². The van der Waals surface area contributed by atoms with Gasteiger partial charge in [0.05, 0.1) is 23.5 Å². The number of thiophene rings is 2. The lowest BCUT2D eigenvalue weighted by Gasteiger charge is -2.34. The fourth-order valence-corrected chi connectivity index (χ4v) is 5.92. The molecule has 3 aromatic heterocycles. The van der Waals surface area contributed by atoms with Gasteiger partial charge in [-0.1, -0.05) is 6.07 Å². The van der Waals surface area contributed by atoms with Crippen LogP contribution in [0, 0.1) is 0 Å². The minimum absolute atomic E-state index is 0.0213. The summed E-state index contributed by atoms with van der Waals surface area (Å²) in [6.07, 6.45) is -0.329. The zero-order valence-corrected chi connectivity index (χ0v) is 19.4. The number of carbonyl (C=O) groups excluding carboxylic acids is 2. The van der Waals surface area contributed by atoms with Crippen LogP contribution in [0.25, 0.3) is 20.7 Å². The highest BCUT2D eigenvalue weighted by Crippen LogP contribution is 2.33. The molecule has 0 spiro atoms. The van der Waals surface area contributed by atoms with Gasteiger partial charge in [-0.3, -0.25) is 9.59 Å². The fourth-order valence-electron chi connectivity index (χ4n) is 3.35. The smallest absolute Gasteiger partial charge is 0.409 e. The lowest BCUT2D eigenvalue weighted by Crippen LogP contribution is -2.51. The zero-order chi connectivity index (χ0) is 21.8. The van der Waals surface area contributed by atoms with E-state index in [2.05, 4.69) is 9.97 Å². The Morgan fingerprint density at radius 1 is 1.23 bits per heavy atom. The number of hydrogen-bond acceptors (Lipinski definition) is 8. The van der Waals surface area contributed by atoms with Crippen molar-refractivity contribution in [3.8, 4) is 10.4 Å². The molecule has 1 aliphatic rings. The Morgan fingerprint density at radius 2 is 2.00 bits per heavy atom. The standard InChI is InChI=1S/C20H22N4O4S3/c1-2-28-20(27)24-7-5-23(6-8-24)16(25)12-29-11-15-21-18(26)17-13(10-31-19(17)22-15)14-4-3-9-30-14/h3-4,9-10H,2,5-8,11-12H2,1H3,(H,21,22,26). The van der Waals surface area contributed by atoms with Crippen molar-refractivity contribution >= 4 is 56.7 Å². The van der Waals surface area contributed by atoms with Crippen LogP contribution in [0.15, 0.2) is 27.7 Å². The first-order valence-corrected chi connectivity index (χ1v) is 12.8. The normalized spacial score (nSPS) is 14.2. The van der Waals surface area contributed by atoms with Gasteiger partial charge in [-0.05, 0) is 18.4 Å². The molecule has 1 fully saturated rings. The topological polar surface area (TPSA) is 95.6 Å². The molecular weight excluding hydrogens is 456 g/mol. The average Bonchev–Trinajstić information content (AvgIpc) is 3.44. The van der Waals surface area contributed by atoms with E-state index in [1.807, 2.05) is 22.9 Å². The number of aromatic amines is 1. The molecule has 31 heavy (non-hydrogen) atoms. The Kier molecular flexibility index (Phi) is 6.93. The molecule has 0 aliphatic carbocycles. The maximum Gasteiger partial charge on any atom is 0.409 e. The summed E-state index contributed by atoms with van der Waals surface area (Å²) in [7, 11) is 0. The summed E-state index contributed by atoms with van der Waals surface area (Å²) in [5.41, 5.74) is 0.770. The summed E-state index contributed by atoms with van der Waals surface area (Å²) < 4.78 is 5.00. The van der Waals surface area contributed by atoms with Crippen LogP contribution in [-0.4, -0.2) is 70.3 Å². The Balaban J connectivity index is 1.31. The van der Waals surface area contributed by atoms with Crippen molar-refractivity contribution in [1.29, 1.82) is 0 Å². The van der Waals surface area contributed by atoms with Gasteiger partial charge in [0.15, 0.2) is 0 Å². The molecule has 4 rings (SSSR count). The van der Waals surface area contributed by atoms with Gasteiger partial charge in [0, 0.05) is 42.0 Å². The van der Waals surface area contributed by atoms with Crippen molar-refractivity contribution in [3.05, 3.63) is 39.1 Å². The van der Waals surface area contributed by atoms with Crippen LogP contribution in [0.5, 0.6) is 0 Å². The number of H-pyrrole nitrogens is 1. The van der Waals surface area contributed by atoms with Crippen LogP contribution in [0.3, 0.4) is 0 Å². The number of ether oxygens (including phenoxy) is 1. The first kappa shape index (κ1) is 21.8. The van der Waals surface area contributed by atoms with Crippen LogP contribution in [0.1, 0.15) is 12.7 Å². The van der Waals surface area contributed by atoms with E-state index in [-0.39, 0.29) is 17.6 Å². The number of nitrogens with one attached hydrogen (secondary N) is 1. The molecule has 0 saturated carbocycles. The number of thioether (sulfide) groups is 1. The van der Waals surface area contributed by atoms with E-state index in [4.69, 9.17) is 4.74 Å². The molecule has 0 radical (unpaired) electrons. The van der Waals surface area contributed by atoms with Gasteiger partial charge in [-0.15, -0.1) is 34.4 Å². The molecule has 0 atom stereocenters. The average molecular weight is 479 g/mol. The van der Waals surface area contributed by atoms with Crippen molar-refractivity contribution in [2.24, 2.45) is 0 Å². The summed E-state index contributed by atoms with van der Waals surface area (Å²) in [5, 5.41) is 4.57. The van der Waals surface area contributed by atoms with Gasteiger partial charge in [0.1, 0.15) is 10.7 Å².